The van der Waals surface area contributed by atoms with Crippen LogP contribution < -0.4 is 5.73 Å². The third-order valence-electron chi connectivity index (χ3n) is 6.23. The minimum Gasteiger partial charge on any atom is -0.327 e. The van der Waals surface area contributed by atoms with Gasteiger partial charge in [0.25, 0.3) is 0 Å². The van der Waals surface area contributed by atoms with E-state index in [0.717, 1.165) is 12.0 Å². The van der Waals surface area contributed by atoms with Gasteiger partial charge in [0, 0.05) is 18.6 Å². The summed E-state index contributed by atoms with van der Waals surface area (Å²) in [5.41, 5.74) is 6.94. The molecular formula is C19H38N2. The van der Waals surface area contributed by atoms with Crippen LogP contribution in [-0.4, -0.2) is 30.1 Å². The van der Waals surface area contributed by atoms with E-state index in [4.69, 9.17) is 5.73 Å². The van der Waals surface area contributed by atoms with Gasteiger partial charge in [-0.15, -0.1) is 0 Å². The van der Waals surface area contributed by atoms with Gasteiger partial charge in [0.2, 0.25) is 0 Å². The van der Waals surface area contributed by atoms with Gasteiger partial charge in [-0.2, -0.15) is 0 Å². The average molecular weight is 295 g/mol. The van der Waals surface area contributed by atoms with Gasteiger partial charge in [-0.05, 0) is 55.9 Å². The fraction of sp³-hybridized carbons (Fsp3) is 1.00. The monoisotopic (exact) mass is 294 g/mol. The Morgan fingerprint density at radius 1 is 1.00 bits per heavy atom. The van der Waals surface area contributed by atoms with Gasteiger partial charge in [0.15, 0.2) is 0 Å². The Balaban J connectivity index is 1.94. The first-order chi connectivity index (χ1) is 9.91. The zero-order valence-corrected chi connectivity index (χ0v) is 14.9. The van der Waals surface area contributed by atoms with E-state index in [1.807, 2.05) is 0 Å². The van der Waals surface area contributed by atoms with E-state index < -0.39 is 0 Å². The van der Waals surface area contributed by atoms with E-state index >= 15 is 0 Å². The van der Waals surface area contributed by atoms with Crippen LogP contribution in [0.5, 0.6) is 0 Å². The lowest BCUT2D eigenvalue weighted by atomic mass is 9.67. The quantitative estimate of drug-likeness (QED) is 0.831. The maximum atomic E-state index is 6.49. The molecule has 2 nitrogen and oxygen atoms in total. The molecule has 0 aliphatic heterocycles. The standard InChI is InChI=1S/C19H38N2/c1-5-21(17-9-7-6-8-10-17)14-15-13-16(19(2,3)4)11-12-18(15)20/h15-18H,5-14,20H2,1-4H3. The van der Waals surface area contributed by atoms with E-state index in [1.165, 1.54) is 64.5 Å². The second-order valence-corrected chi connectivity index (χ2v) is 8.68. The first-order valence-corrected chi connectivity index (χ1v) is 9.41. The maximum Gasteiger partial charge on any atom is 0.00952 e. The van der Waals surface area contributed by atoms with Crippen molar-refractivity contribution >= 4 is 0 Å². The molecule has 0 aromatic heterocycles. The highest BCUT2D eigenvalue weighted by molar-refractivity contribution is 4.90. The average Bonchev–Trinajstić information content (AvgIpc) is 2.46. The molecule has 2 fully saturated rings. The van der Waals surface area contributed by atoms with Gasteiger partial charge < -0.3 is 10.6 Å². The molecule has 0 aromatic carbocycles. The summed E-state index contributed by atoms with van der Waals surface area (Å²) in [5, 5.41) is 0. The molecule has 0 spiro atoms. The van der Waals surface area contributed by atoms with Crippen molar-refractivity contribution < 1.29 is 0 Å². The van der Waals surface area contributed by atoms with Crippen molar-refractivity contribution in [2.75, 3.05) is 13.1 Å². The molecule has 2 saturated carbocycles. The van der Waals surface area contributed by atoms with Crippen LogP contribution in [0.25, 0.3) is 0 Å². The SMILES string of the molecule is CCN(CC1CC(C(C)(C)C)CCC1N)C1CCCCC1. The molecule has 2 aliphatic rings. The van der Waals surface area contributed by atoms with Gasteiger partial charge >= 0.3 is 0 Å². The number of hydrogen-bond acceptors (Lipinski definition) is 2. The Labute approximate surface area is 132 Å². The fourth-order valence-electron chi connectivity index (χ4n) is 4.57. The van der Waals surface area contributed by atoms with Crippen LogP contribution in [0, 0.1) is 17.3 Å². The van der Waals surface area contributed by atoms with Crippen LogP contribution in [0.2, 0.25) is 0 Å². The first kappa shape index (κ1) is 17.3. The van der Waals surface area contributed by atoms with Crippen molar-refractivity contribution in [1.82, 2.24) is 4.90 Å². The van der Waals surface area contributed by atoms with E-state index in [1.54, 1.807) is 0 Å². The molecular weight excluding hydrogens is 256 g/mol. The second-order valence-electron chi connectivity index (χ2n) is 8.68. The number of nitrogens with two attached hydrogens (primary N) is 1. The molecule has 124 valence electrons. The molecule has 0 radical (unpaired) electrons. The van der Waals surface area contributed by atoms with Gasteiger partial charge in [0.1, 0.15) is 0 Å². The Bertz CT molecular complexity index is 301. The summed E-state index contributed by atoms with van der Waals surface area (Å²) in [7, 11) is 0. The molecule has 2 N–H and O–H groups in total. The van der Waals surface area contributed by atoms with Crippen LogP contribution in [-0.2, 0) is 0 Å². The van der Waals surface area contributed by atoms with Crippen LogP contribution >= 0.6 is 0 Å². The van der Waals surface area contributed by atoms with Crippen molar-refractivity contribution in [1.29, 1.82) is 0 Å². The summed E-state index contributed by atoms with van der Waals surface area (Å²) in [4.78, 5) is 2.76. The lowest BCUT2D eigenvalue weighted by Gasteiger charge is -2.44. The van der Waals surface area contributed by atoms with Gasteiger partial charge in [-0.3, -0.25) is 0 Å². The number of rotatable bonds is 4. The van der Waals surface area contributed by atoms with E-state index in [-0.39, 0.29) is 0 Å². The van der Waals surface area contributed by atoms with Crippen molar-refractivity contribution in [3.8, 4) is 0 Å². The highest BCUT2D eigenvalue weighted by Crippen LogP contribution is 2.40. The maximum absolute atomic E-state index is 6.49. The molecule has 2 aliphatic carbocycles. The molecule has 3 atom stereocenters. The highest BCUT2D eigenvalue weighted by Gasteiger charge is 2.35. The predicted octanol–water partition coefficient (Wildman–Crippen LogP) is 4.43. The Morgan fingerprint density at radius 2 is 1.67 bits per heavy atom. The molecule has 3 unspecified atom stereocenters. The number of nitrogens with zero attached hydrogens (tertiary/aromatic N) is 1. The molecule has 2 heteroatoms. The summed E-state index contributed by atoms with van der Waals surface area (Å²) < 4.78 is 0. The third-order valence-corrected chi connectivity index (χ3v) is 6.23. The summed E-state index contributed by atoms with van der Waals surface area (Å²) >= 11 is 0. The van der Waals surface area contributed by atoms with Crippen LogP contribution in [0.1, 0.15) is 79.1 Å². The van der Waals surface area contributed by atoms with Crippen molar-refractivity contribution in [2.45, 2.75) is 91.1 Å². The third kappa shape index (κ3) is 4.69. The smallest absolute Gasteiger partial charge is 0.00952 e. The molecule has 21 heavy (non-hydrogen) atoms. The number of hydrogen-bond donors (Lipinski definition) is 1. The molecule has 2 rings (SSSR count). The van der Waals surface area contributed by atoms with Gasteiger partial charge in [-0.25, -0.2) is 0 Å². The zero-order chi connectivity index (χ0) is 15.5. The van der Waals surface area contributed by atoms with Crippen LogP contribution in [0.15, 0.2) is 0 Å². The molecule has 0 saturated heterocycles. The minimum atomic E-state index is 0.432. The van der Waals surface area contributed by atoms with Gasteiger partial charge in [0.05, 0.1) is 0 Å². The summed E-state index contributed by atoms with van der Waals surface area (Å²) in [6, 6.07) is 1.27. The zero-order valence-electron chi connectivity index (χ0n) is 14.9. The molecule has 0 aromatic rings. The van der Waals surface area contributed by atoms with E-state index in [9.17, 15) is 0 Å². The lowest BCUT2D eigenvalue weighted by Crippen LogP contribution is -2.48. The van der Waals surface area contributed by atoms with Crippen LogP contribution in [0.3, 0.4) is 0 Å². The first-order valence-electron chi connectivity index (χ1n) is 9.41. The van der Waals surface area contributed by atoms with Crippen molar-refractivity contribution in [3.05, 3.63) is 0 Å². The minimum absolute atomic E-state index is 0.432. The second kappa shape index (κ2) is 7.46. The summed E-state index contributed by atoms with van der Waals surface area (Å²) in [6.07, 6.45) is 11.0. The largest absolute Gasteiger partial charge is 0.327 e. The topological polar surface area (TPSA) is 29.3 Å². The Hall–Kier alpha value is -0.0800. The lowest BCUT2D eigenvalue weighted by molar-refractivity contribution is 0.0760. The van der Waals surface area contributed by atoms with Crippen LogP contribution in [0.4, 0.5) is 0 Å². The molecule has 0 heterocycles. The Kier molecular flexibility index (Phi) is 6.14. The summed E-state index contributed by atoms with van der Waals surface area (Å²) in [5.74, 6) is 1.57. The van der Waals surface area contributed by atoms with E-state index in [2.05, 4.69) is 32.6 Å². The van der Waals surface area contributed by atoms with Crippen molar-refractivity contribution in [3.63, 3.8) is 0 Å². The fourth-order valence-corrected chi connectivity index (χ4v) is 4.57. The van der Waals surface area contributed by atoms with E-state index in [0.29, 0.717) is 17.4 Å². The van der Waals surface area contributed by atoms with Crippen molar-refractivity contribution in [2.24, 2.45) is 23.0 Å². The normalized spacial score (nSPS) is 32.6. The predicted molar refractivity (Wildman–Crippen MR) is 92.4 cm³/mol. The highest BCUT2D eigenvalue weighted by atomic mass is 15.2. The summed E-state index contributed by atoms with van der Waals surface area (Å²) in [6.45, 7) is 12.0. The molecule has 0 bridgehead atoms. The molecule has 0 amide bonds. The Morgan fingerprint density at radius 3 is 2.24 bits per heavy atom. The van der Waals surface area contributed by atoms with Gasteiger partial charge in [-0.1, -0.05) is 47.0 Å².